The summed E-state index contributed by atoms with van der Waals surface area (Å²) in [4.78, 5) is 21.4. The average molecular weight is 313 g/mol. The number of rotatable bonds is 3. The van der Waals surface area contributed by atoms with E-state index in [2.05, 4.69) is 20.2 Å². The largest absolute Gasteiger partial charge is 0.437 e. The molecule has 0 unspecified atom stereocenters. The lowest BCUT2D eigenvalue weighted by molar-refractivity contribution is -0.180. The van der Waals surface area contributed by atoms with E-state index < -0.39 is 17.8 Å². The molecule has 0 aromatic carbocycles. The van der Waals surface area contributed by atoms with E-state index in [1.807, 2.05) is 0 Å². The first kappa shape index (κ1) is 14.9. The molecule has 0 bridgehead atoms. The summed E-state index contributed by atoms with van der Waals surface area (Å²) in [6.45, 7) is 0.583. The molecule has 0 spiro atoms. The second-order valence-corrected chi connectivity index (χ2v) is 5.50. The Kier molecular flexibility index (Phi) is 3.57. The Morgan fingerprint density at radius 1 is 1.23 bits per heavy atom. The van der Waals surface area contributed by atoms with Crippen molar-refractivity contribution in [1.82, 2.24) is 14.9 Å². The van der Waals surface area contributed by atoms with Crippen LogP contribution in [0.5, 0.6) is 0 Å². The second kappa shape index (κ2) is 5.29. The van der Waals surface area contributed by atoms with E-state index in [4.69, 9.17) is 0 Å². The zero-order valence-corrected chi connectivity index (χ0v) is 11.6. The van der Waals surface area contributed by atoms with Gasteiger partial charge in [-0.2, -0.15) is 13.2 Å². The zero-order chi connectivity index (χ0) is 15.8. The number of hydrogen-bond donors (Lipinski definition) is 0. The number of carbonyl (C=O) groups excluding carboxylic acids is 1. The van der Waals surface area contributed by atoms with Crippen LogP contribution < -0.4 is 0 Å². The van der Waals surface area contributed by atoms with E-state index in [0.29, 0.717) is 18.7 Å². The standard InChI is InChI=1S/C13H14F3N5O/c14-13(15,16)12(19-20-12)10-1-3-21(4-2-10)11(22)5-9-6-17-8-18-7-9/h6-8,10H,1-5H2. The van der Waals surface area contributed by atoms with Gasteiger partial charge in [0.05, 0.1) is 6.42 Å². The Labute approximate surface area is 124 Å². The normalized spacial score (nSPS) is 21.0. The Balaban J connectivity index is 1.55. The van der Waals surface area contributed by atoms with Crippen LogP contribution in [0.2, 0.25) is 0 Å². The van der Waals surface area contributed by atoms with Crippen molar-refractivity contribution in [2.45, 2.75) is 31.1 Å². The number of aromatic nitrogens is 2. The summed E-state index contributed by atoms with van der Waals surface area (Å²) in [6.07, 6.45) is 0.707. The lowest BCUT2D eigenvalue weighted by atomic mass is 9.86. The lowest BCUT2D eigenvalue weighted by Crippen LogP contribution is -2.47. The minimum Gasteiger partial charge on any atom is -0.342 e. The molecule has 1 fully saturated rings. The summed E-state index contributed by atoms with van der Waals surface area (Å²) in [7, 11) is 0. The van der Waals surface area contributed by atoms with E-state index in [-0.39, 0.29) is 25.2 Å². The second-order valence-electron chi connectivity index (χ2n) is 5.50. The van der Waals surface area contributed by atoms with Gasteiger partial charge in [-0.05, 0) is 18.4 Å². The maximum atomic E-state index is 12.9. The van der Waals surface area contributed by atoms with Crippen LogP contribution in [0.15, 0.2) is 28.9 Å². The van der Waals surface area contributed by atoms with Gasteiger partial charge in [0.15, 0.2) is 0 Å². The third-order valence-electron chi connectivity index (χ3n) is 4.12. The van der Waals surface area contributed by atoms with Gasteiger partial charge in [-0.1, -0.05) is 0 Å². The van der Waals surface area contributed by atoms with Gasteiger partial charge in [0.2, 0.25) is 5.91 Å². The van der Waals surface area contributed by atoms with Gasteiger partial charge >= 0.3 is 6.18 Å². The molecule has 0 saturated carbocycles. The van der Waals surface area contributed by atoms with Gasteiger partial charge < -0.3 is 4.90 Å². The van der Waals surface area contributed by atoms with E-state index in [9.17, 15) is 18.0 Å². The molecule has 118 valence electrons. The van der Waals surface area contributed by atoms with Crippen LogP contribution in [0.4, 0.5) is 13.2 Å². The first-order valence-corrected chi connectivity index (χ1v) is 6.95. The molecule has 22 heavy (non-hydrogen) atoms. The molecular formula is C13H14F3N5O. The van der Waals surface area contributed by atoms with Crippen LogP contribution in [-0.4, -0.2) is 45.7 Å². The summed E-state index contributed by atoms with van der Waals surface area (Å²) >= 11 is 0. The van der Waals surface area contributed by atoms with Gasteiger partial charge in [0.25, 0.3) is 5.66 Å². The summed E-state index contributed by atoms with van der Waals surface area (Å²) in [5, 5.41) is 6.49. The van der Waals surface area contributed by atoms with Crippen LogP contribution in [0.25, 0.3) is 0 Å². The van der Waals surface area contributed by atoms with Crippen molar-refractivity contribution in [3.8, 4) is 0 Å². The van der Waals surface area contributed by atoms with Crippen molar-refractivity contribution in [2.24, 2.45) is 16.1 Å². The molecule has 1 aromatic heterocycles. The molecule has 3 heterocycles. The van der Waals surface area contributed by atoms with E-state index in [0.717, 1.165) is 0 Å². The molecule has 2 aliphatic heterocycles. The molecule has 1 saturated heterocycles. The topological polar surface area (TPSA) is 70.8 Å². The molecule has 9 heteroatoms. The molecule has 1 aromatic rings. The highest BCUT2D eigenvalue weighted by Crippen LogP contribution is 2.52. The summed E-state index contributed by atoms with van der Waals surface area (Å²) in [5.41, 5.74) is -1.52. The third kappa shape index (κ3) is 2.67. The van der Waals surface area contributed by atoms with Crippen LogP contribution in [-0.2, 0) is 11.2 Å². The van der Waals surface area contributed by atoms with Gasteiger partial charge in [-0.3, -0.25) is 4.79 Å². The van der Waals surface area contributed by atoms with Crippen molar-refractivity contribution >= 4 is 5.91 Å². The molecule has 0 atom stereocenters. The summed E-state index contributed by atoms with van der Waals surface area (Å²) < 4.78 is 38.8. The van der Waals surface area contributed by atoms with Crippen LogP contribution in [0, 0.1) is 5.92 Å². The molecule has 2 aliphatic rings. The molecule has 3 rings (SSSR count). The van der Waals surface area contributed by atoms with E-state index in [1.165, 1.54) is 6.33 Å². The van der Waals surface area contributed by atoms with Crippen molar-refractivity contribution < 1.29 is 18.0 Å². The monoisotopic (exact) mass is 313 g/mol. The fourth-order valence-electron chi connectivity index (χ4n) is 2.80. The fraction of sp³-hybridized carbons (Fsp3) is 0.615. The zero-order valence-electron chi connectivity index (χ0n) is 11.6. The Bertz CT molecular complexity index is 575. The number of hydrogen-bond acceptors (Lipinski definition) is 5. The SMILES string of the molecule is O=C(Cc1cncnc1)N1CCC(C2(C(F)(F)F)N=N2)CC1. The fourth-order valence-corrected chi connectivity index (χ4v) is 2.80. The van der Waals surface area contributed by atoms with Crippen LogP contribution >= 0.6 is 0 Å². The predicted octanol–water partition coefficient (Wildman–Crippen LogP) is 1.98. The smallest absolute Gasteiger partial charge is 0.342 e. The quantitative estimate of drug-likeness (QED) is 0.856. The number of alkyl halides is 3. The third-order valence-corrected chi connectivity index (χ3v) is 4.12. The van der Waals surface area contributed by atoms with E-state index in [1.54, 1.807) is 17.3 Å². The molecule has 6 nitrogen and oxygen atoms in total. The van der Waals surface area contributed by atoms with Gasteiger partial charge in [-0.15, -0.1) is 10.2 Å². The molecule has 1 amide bonds. The van der Waals surface area contributed by atoms with Gasteiger partial charge in [0.1, 0.15) is 6.33 Å². The number of piperidine rings is 1. The van der Waals surface area contributed by atoms with Gasteiger partial charge in [-0.25, -0.2) is 9.97 Å². The lowest BCUT2D eigenvalue weighted by Gasteiger charge is -2.34. The minimum absolute atomic E-state index is 0.126. The average Bonchev–Trinajstić information content (AvgIpc) is 3.30. The number of amides is 1. The maximum absolute atomic E-state index is 12.9. The van der Waals surface area contributed by atoms with Crippen molar-refractivity contribution in [2.75, 3.05) is 13.1 Å². The molecule has 0 aliphatic carbocycles. The Morgan fingerprint density at radius 2 is 1.82 bits per heavy atom. The highest BCUT2D eigenvalue weighted by atomic mass is 19.4. The van der Waals surface area contributed by atoms with Crippen LogP contribution in [0.3, 0.4) is 0 Å². The van der Waals surface area contributed by atoms with Crippen LogP contribution in [0.1, 0.15) is 18.4 Å². The Morgan fingerprint density at radius 3 is 2.32 bits per heavy atom. The molecule has 0 radical (unpaired) electrons. The first-order chi connectivity index (χ1) is 10.4. The van der Waals surface area contributed by atoms with Crippen molar-refractivity contribution in [1.29, 1.82) is 0 Å². The molecular weight excluding hydrogens is 299 g/mol. The van der Waals surface area contributed by atoms with Crippen molar-refractivity contribution in [3.63, 3.8) is 0 Å². The van der Waals surface area contributed by atoms with Gasteiger partial charge in [0, 0.05) is 31.4 Å². The van der Waals surface area contributed by atoms with E-state index >= 15 is 0 Å². The van der Waals surface area contributed by atoms with Crippen molar-refractivity contribution in [3.05, 3.63) is 24.3 Å². The molecule has 0 N–H and O–H groups in total. The predicted molar refractivity (Wildman–Crippen MR) is 68.7 cm³/mol. The highest BCUT2D eigenvalue weighted by Gasteiger charge is 2.68. The number of nitrogens with zero attached hydrogens (tertiary/aromatic N) is 5. The summed E-state index contributed by atoms with van der Waals surface area (Å²) in [5.74, 6) is -0.796. The maximum Gasteiger partial charge on any atom is 0.437 e. The summed E-state index contributed by atoms with van der Waals surface area (Å²) in [6, 6.07) is 0. The Hall–Kier alpha value is -2.06. The number of likely N-dealkylation sites (tertiary alicyclic amines) is 1. The number of halogens is 3. The number of carbonyl (C=O) groups is 1. The highest BCUT2D eigenvalue weighted by molar-refractivity contribution is 5.78. The minimum atomic E-state index is -4.44. The first-order valence-electron chi connectivity index (χ1n) is 6.95.